The van der Waals surface area contributed by atoms with Gasteiger partial charge in [-0.2, -0.15) is 0 Å². The molecule has 4 nitrogen and oxygen atoms in total. The SMILES string of the molecule is C[C@H](N)[C@@H]1CCCN(C(=O)[C@@H]2CCCO2)C1. The number of hydrogen-bond donors (Lipinski definition) is 1. The molecular weight excluding hydrogens is 204 g/mol. The fourth-order valence-corrected chi connectivity index (χ4v) is 2.62. The third-order valence-corrected chi connectivity index (χ3v) is 3.72. The Balaban J connectivity index is 1.90. The number of piperidine rings is 1. The molecule has 0 saturated carbocycles. The van der Waals surface area contributed by atoms with Crippen LogP contribution in [-0.4, -0.2) is 42.6 Å². The Hall–Kier alpha value is -0.610. The summed E-state index contributed by atoms with van der Waals surface area (Å²) in [4.78, 5) is 14.1. The Morgan fingerprint density at radius 2 is 2.25 bits per heavy atom. The lowest BCUT2D eigenvalue weighted by Gasteiger charge is -2.35. The number of hydrogen-bond acceptors (Lipinski definition) is 3. The van der Waals surface area contributed by atoms with Crippen molar-refractivity contribution in [2.45, 2.75) is 44.8 Å². The van der Waals surface area contributed by atoms with E-state index in [1.54, 1.807) is 0 Å². The maximum Gasteiger partial charge on any atom is 0.251 e. The molecule has 0 aromatic carbocycles. The van der Waals surface area contributed by atoms with Gasteiger partial charge >= 0.3 is 0 Å². The van der Waals surface area contributed by atoms with Crippen LogP contribution in [0.25, 0.3) is 0 Å². The van der Waals surface area contributed by atoms with Crippen molar-refractivity contribution in [1.29, 1.82) is 0 Å². The summed E-state index contributed by atoms with van der Waals surface area (Å²) in [6.45, 7) is 4.46. The molecule has 0 aliphatic carbocycles. The maximum absolute atomic E-state index is 12.1. The predicted octanol–water partition coefficient (Wildman–Crippen LogP) is 0.751. The molecule has 2 fully saturated rings. The van der Waals surface area contributed by atoms with Gasteiger partial charge in [0.25, 0.3) is 5.91 Å². The lowest BCUT2D eigenvalue weighted by atomic mass is 9.92. The first-order valence-corrected chi connectivity index (χ1v) is 6.34. The Bertz CT molecular complexity index is 249. The van der Waals surface area contributed by atoms with Gasteiger partial charge in [0.05, 0.1) is 0 Å². The van der Waals surface area contributed by atoms with Crippen LogP contribution in [0.5, 0.6) is 0 Å². The zero-order valence-electron chi connectivity index (χ0n) is 10.0. The van der Waals surface area contributed by atoms with Gasteiger partial charge in [-0.15, -0.1) is 0 Å². The largest absolute Gasteiger partial charge is 0.368 e. The average Bonchev–Trinajstić information content (AvgIpc) is 2.81. The highest BCUT2D eigenvalue weighted by Gasteiger charge is 2.32. The highest BCUT2D eigenvalue weighted by Crippen LogP contribution is 2.22. The van der Waals surface area contributed by atoms with E-state index in [9.17, 15) is 4.79 Å². The number of carbonyl (C=O) groups excluding carboxylic acids is 1. The zero-order chi connectivity index (χ0) is 11.5. The average molecular weight is 226 g/mol. The van der Waals surface area contributed by atoms with E-state index in [1.165, 1.54) is 0 Å². The summed E-state index contributed by atoms with van der Waals surface area (Å²) in [7, 11) is 0. The Kier molecular flexibility index (Phi) is 3.82. The van der Waals surface area contributed by atoms with Crippen molar-refractivity contribution in [1.82, 2.24) is 4.90 Å². The van der Waals surface area contributed by atoms with E-state index in [-0.39, 0.29) is 18.1 Å². The molecule has 2 aliphatic rings. The minimum atomic E-state index is -0.174. The molecule has 2 heterocycles. The summed E-state index contributed by atoms with van der Waals surface area (Å²) in [5.74, 6) is 0.641. The second-order valence-corrected chi connectivity index (χ2v) is 5.05. The Morgan fingerprint density at radius 1 is 1.44 bits per heavy atom. The van der Waals surface area contributed by atoms with Crippen molar-refractivity contribution in [3.63, 3.8) is 0 Å². The number of ether oxygens (including phenoxy) is 1. The molecule has 0 aromatic rings. The van der Waals surface area contributed by atoms with Crippen LogP contribution in [0.15, 0.2) is 0 Å². The molecule has 0 unspecified atom stereocenters. The van der Waals surface area contributed by atoms with Crippen LogP contribution < -0.4 is 5.73 Å². The van der Waals surface area contributed by atoms with Crippen LogP contribution in [0, 0.1) is 5.92 Å². The van der Waals surface area contributed by atoms with Crippen molar-refractivity contribution in [3.8, 4) is 0 Å². The van der Waals surface area contributed by atoms with Gasteiger partial charge in [-0.25, -0.2) is 0 Å². The number of rotatable bonds is 2. The first kappa shape index (κ1) is 11.9. The van der Waals surface area contributed by atoms with Crippen LogP contribution in [0.2, 0.25) is 0 Å². The number of amides is 1. The van der Waals surface area contributed by atoms with Gasteiger partial charge in [-0.05, 0) is 38.5 Å². The molecule has 4 heteroatoms. The van der Waals surface area contributed by atoms with E-state index in [0.29, 0.717) is 5.92 Å². The van der Waals surface area contributed by atoms with Gasteiger partial charge in [0.1, 0.15) is 6.10 Å². The molecule has 2 aliphatic heterocycles. The summed E-state index contributed by atoms with van der Waals surface area (Å²) in [5, 5.41) is 0. The second-order valence-electron chi connectivity index (χ2n) is 5.05. The molecule has 0 bridgehead atoms. The van der Waals surface area contributed by atoms with Gasteiger partial charge in [0, 0.05) is 25.7 Å². The summed E-state index contributed by atoms with van der Waals surface area (Å²) in [5.41, 5.74) is 5.91. The van der Waals surface area contributed by atoms with Gasteiger partial charge in [-0.1, -0.05) is 0 Å². The van der Waals surface area contributed by atoms with E-state index in [4.69, 9.17) is 10.5 Å². The number of nitrogens with zero attached hydrogens (tertiary/aromatic N) is 1. The van der Waals surface area contributed by atoms with Crippen molar-refractivity contribution in [3.05, 3.63) is 0 Å². The highest BCUT2D eigenvalue weighted by molar-refractivity contribution is 5.81. The minimum Gasteiger partial charge on any atom is -0.368 e. The Labute approximate surface area is 97.1 Å². The van der Waals surface area contributed by atoms with E-state index >= 15 is 0 Å². The van der Waals surface area contributed by atoms with Gasteiger partial charge in [0.2, 0.25) is 0 Å². The van der Waals surface area contributed by atoms with E-state index in [2.05, 4.69) is 0 Å². The first-order valence-electron chi connectivity index (χ1n) is 6.34. The third kappa shape index (κ3) is 2.55. The number of carbonyl (C=O) groups is 1. The third-order valence-electron chi connectivity index (χ3n) is 3.72. The number of likely N-dealkylation sites (tertiary alicyclic amines) is 1. The molecule has 0 aromatic heterocycles. The molecule has 0 radical (unpaired) electrons. The van der Waals surface area contributed by atoms with Gasteiger partial charge < -0.3 is 15.4 Å². The van der Waals surface area contributed by atoms with Crippen molar-refractivity contribution < 1.29 is 9.53 Å². The molecule has 1 amide bonds. The predicted molar refractivity (Wildman–Crippen MR) is 61.9 cm³/mol. The fourth-order valence-electron chi connectivity index (χ4n) is 2.62. The molecular formula is C12H22N2O2. The lowest BCUT2D eigenvalue weighted by molar-refractivity contribution is -0.142. The van der Waals surface area contributed by atoms with Crippen molar-refractivity contribution >= 4 is 5.91 Å². The zero-order valence-corrected chi connectivity index (χ0v) is 10.0. The lowest BCUT2D eigenvalue weighted by Crippen LogP contribution is -2.48. The summed E-state index contributed by atoms with van der Waals surface area (Å²) in [6.07, 6.45) is 3.95. The molecule has 0 spiro atoms. The second kappa shape index (κ2) is 5.15. The van der Waals surface area contributed by atoms with Crippen LogP contribution in [0.4, 0.5) is 0 Å². The summed E-state index contributed by atoms with van der Waals surface area (Å²) >= 11 is 0. The normalized spacial score (nSPS) is 32.8. The monoisotopic (exact) mass is 226 g/mol. The standard InChI is InChI=1S/C12H22N2O2/c1-9(13)10-4-2-6-14(8-10)12(15)11-5-3-7-16-11/h9-11H,2-8,13H2,1H3/t9-,10+,11-/m0/s1. The minimum absolute atomic E-state index is 0.174. The number of nitrogens with two attached hydrogens (primary N) is 1. The molecule has 3 atom stereocenters. The van der Waals surface area contributed by atoms with Crippen LogP contribution in [0.1, 0.15) is 32.6 Å². The first-order chi connectivity index (χ1) is 7.68. The van der Waals surface area contributed by atoms with E-state index < -0.39 is 0 Å². The topological polar surface area (TPSA) is 55.6 Å². The maximum atomic E-state index is 12.1. The highest BCUT2D eigenvalue weighted by atomic mass is 16.5. The molecule has 16 heavy (non-hydrogen) atoms. The van der Waals surface area contributed by atoms with Crippen LogP contribution >= 0.6 is 0 Å². The Morgan fingerprint density at radius 3 is 2.88 bits per heavy atom. The van der Waals surface area contributed by atoms with Crippen molar-refractivity contribution in [2.75, 3.05) is 19.7 Å². The van der Waals surface area contributed by atoms with Crippen LogP contribution in [-0.2, 0) is 9.53 Å². The molecule has 2 saturated heterocycles. The van der Waals surface area contributed by atoms with Gasteiger partial charge in [0.15, 0.2) is 0 Å². The van der Waals surface area contributed by atoms with E-state index in [1.807, 2.05) is 11.8 Å². The summed E-state index contributed by atoms with van der Waals surface area (Å²) < 4.78 is 5.44. The van der Waals surface area contributed by atoms with Crippen molar-refractivity contribution in [2.24, 2.45) is 11.7 Å². The molecule has 2 rings (SSSR count). The van der Waals surface area contributed by atoms with Crippen LogP contribution in [0.3, 0.4) is 0 Å². The van der Waals surface area contributed by atoms with Gasteiger partial charge in [-0.3, -0.25) is 4.79 Å². The van der Waals surface area contributed by atoms with E-state index in [0.717, 1.165) is 45.4 Å². The summed E-state index contributed by atoms with van der Waals surface area (Å²) in [6, 6.07) is 0.181. The smallest absolute Gasteiger partial charge is 0.251 e. The molecule has 92 valence electrons. The fraction of sp³-hybridized carbons (Fsp3) is 0.917. The molecule has 2 N–H and O–H groups in total. The quantitative estimate of drug-likeness (QED) is 0.756.